The summed E-state index contributed by atoms with van der Waals surface area (Å²) in [4.78, 5) is 24.9. The zero-order valence-corrected chi connectivity index (χ0v) is 13.4. The molecule has 1 heterocycles. The number of unbranched alkanes of at least 4 members (excludes halogenated alkanes) is 1. The molecule has 0 radical (unpaired) electrons. The van der Waals surface area contributed by atoms with Crippen molar-refractivity contribution in [2.45, 2.75) is 71.3 Å². The number of hydrogen-bond donors (Lipinski definition) is 2. The van der Waals surface area contributed by atoms with Gasteiger partial charge in [-0.1, -0.05) is 33.1 Å². The van der Waals surface area contributed by atoms with Gasteiger partial charge in [0, 0.05) is 25.6 Å². The largest absolute Gasteiger partial charge is 0.481 e. The third-order valence-electron chi connectivity index (χ3n) is 4.14. The average Bonchev–Trinajstić information content (AvgIpc) is 2.44. The monoisotopic (exact) mass is 298 g/mol. The zero-order valence-electron chi connectivity index (χ0n) is 13.4. The Morgan fingerprint density at radius 2 is 2.05 bits per heavy atom. The minimum atomic E-state index is -0.769. The number of amides is 2. The van der Waals surface area contributed by atoms with Gasteiger partial charge in [-0.25, -0.2) is 4.79 Å². The predicted molar refractivity (Wildman–Crippen MR) is 83.3 cm³/mol. The van der Waals surface area contributed by atoms with Gasteiger partial charge in [0.15, 0.2) is 0 Å². The Labute approximate surface area is 128 Å². The molecule has 21 heavy (non-hydrogen) atoms. The van der Waals surface area contributed by atoms with E-state index < -0.39 is 5.97 Å². The van der Waals surface area contributed by atoms with Crippen LogP contribution in [0, 0.1) is 5.92 Å². The Morgan fingerprint density at radius 1 is 1.29 bits per heavy atom. The van der Waals surface area contributed by atoms with Crippen LogP contribution in [0.2, 0.25) is 0 Å². The van der Waals surface area contributed by atoms with Gasteiger partial charge in [0.1, 0.15) is 0 Å². The average molecular weight is 298 g/mol. The summed E-state index contributed by atoms with van der Waals surface area (Å²) in [7, 11) is 0. The lowest BCUT2D eigenvalue weighted by Gasteiger charge is -2.33. The van der Waals surface area contributed by atoms with Crippen molar-refractivity contribution in [1.29, 1.82) is 0 Å². The number of aliphatic carboxylic acids is 1. The summed E-state index contributed by atoms with van der Waals surface area (Å²) in [6.07, 6.45) is 7.35. The Morgan fingerprint density at radius 3 is 2.67 bits per heavy atom. The van der Waals surface area contributed by atoms with E-state index in [0.29, 0.717) is 6.54 Å². The van der Waals surface area contributed by atoms with Crippen molar-refractivity contribution in [3.05, 3.63) is 0 Å². The van der Waals surface area contributed by atoms with Gasteiger partial charge < -0.3 is 15.3 Å². The summed E-state index contributed by atoms with van der Waals surface area (Å²) in [5.74, 6) is -0.670. The normalized spacial score (nSPS) is 20.1. The van der Waals surface area contributed by atoms with Gasteiger partial charge in [0.25, 0.3) is 0 Å². The van der Waals surface area contributed by atoms with Gasteiger partial charge in [-0.05, 0) is 31.6 Å². The summed E-state index contributed by atoms with van der Waals surface area (Å²) in [5, 5.41) is 12.0. The van der Waals surface area contributed by atoms with Crippen LogP contribution >= 0.6 is 0 Å². The summed E-state index contributed by atoms with van der Waals surface area (Å²) in [5.41, 5.74) is 0. The highest BCUT2D eigenvalue weighted by Gasteiger charge is 2.26. The molecule has 1 rings (SSSR count). The molecule has 1 aliphatic heterocycles. The molecule has 5 nitrogen and oxygen atoms in total. The maximum Gasteiger partial charge on any atom is 0.317 e. The fraction of sp³-hybridized carbons (Fsp3) is 0.875. The molecule has 2 atom stereocenters. The minimum absolute atomic E-state index is 0.0142. The first kappa shape index (κ1) is 17.8. The Kier molecular flexibility index (Phi) is 8.16. The molecule has 0 aromatic carbocycles. The Bertz CT molecular complexity index is 333. The highest BCUT2D eigenvalue weighted by molar-refractivity contribution is 5.74. The van der Waals surface area contributed by atoms with E-state index in [9.17, 15) is 9.59 Å². The van der Waals surface area contributed by atoms with Crippen molar-refractivity contribution in [2.24, 2.45) is 5.92 Å². The number of carboxylic acid groups (broad SMARTS) is 1. The molecular formula is C16H30N2O3. The minimum Gasteiger partial charge on any atom is -0.481 e. The van der Waals surface area contributed by atoms with Gasteiger partial charge in [0.2, 0.25) is 0 Å². The Balaban J connectivity index is 2.46. The number of carbonyl (C=O) groups is 2. The number of urea groups is 1. The molecule has 122 valence electrons. The van der Waals surface area contributed by atoms with Gasteiger partial charge in [-0.2, -0.15) is 0 Å². The predicted octanol–water partition coefficient (Wildman–Crippen LogP) is 3.24. The van der Waals surface area contributed by atoms with Crippen molar-refractivity contribution in [3.63, 3.8) is 0 Å². The first-order chi connectivity index (χ1) is 10.1. The van der Waals surface area contributed by atoms with E-state index in [4.69, 9.17) is 5.11 Å². The number of carboxylic acids is 1. The maximum atomic E-state index is 12.3. The number of nitrogens with one attached hydrogen (secondary N) is 1. The van der Waals surface area contributed by atoms with Crippen molar-refractivity contribution in [3.8, 4) is 0 Å². The third-order valence-corrected chi connectivity index (χ3v) is 4.14. The van der Waals surface area contributed by atoms with E-state index in [1.807, 2.05) is 0 Å². The van der Waals surface area contributed by atoms with E-state index >= 15 is 0 Å². The van der Waals surface area contributed by atoms with E-state index in [1.54, 1.807) is 4.90 Å². The standard InChI is InChI=1S/C16H30N2O3/c1-3-5-9-14(7-4-2)17-16(21)18-10-6-8-13(12-18)11-15(19)20/h13-14H,3-12H2,1-2H3,(H,17,21)(H,19,20). The maximum absolute atomic E-state index is 12.3. The zero-order chi connectivity index (χ0) is 15.7. The van der Waals surface area contributed by atoms with Crippen molar-refractivity contribution >= 4 is 12.0 Å². The molecule has 0 aromatic heterocycles. The smallest absolute Gasteiger partial charge is 0.317 e. The number of piperidine rings is 1. The van der Waals surface area contributed by atoms with Crippen LogP contribution in [0.1, 0.15) is 65.2 Å². The van der Waals surface area contributed by atoms with Crippen LogP contribution in [0.15, 0.2) is 0 Å². The molecule has 2 unspecified atom stereocenters. The van der Waals surface area contributed by atoms with Crippen LogP contribution in [0.3, 0.4) is 0 Å². The number of likely N-dealkylation sites (tertiary alicyclic amines) is 1. The summed E-state index contributed by atoms with van der Waals surface area (Å²) in [6, 6.07) is 0.238. The third kappa shape index (κ3) is 6.82. The first-order valence-corrected chi connectivity index (χ1v) is 8.34. The lowest BCUT2D eigenvalue weighted by Crippen LogP contribution is -2.48. The molecule has 0 aromatic rings. The molecule has 2 N–H and O–H groups in total. The van der Waals surface area contributed by atoms with Gasteiger partial charge >= 0.3 is 12.0 Å². The molecular weight excluding hydrogens is 268 g/mol. The topological polar surface area (TPSA) is 69.6 Å². The SMILES string of the molecule is CCCCC(CCC)NC(=O)N1CCCC(CC(=O)O)C1. The lowest BCUT2D eigenvalue weighted by atomic mass is 9.95. The van der Waals surface area contributed by atoms with Gasteiger partial charge in [-0.3, -0.25) is 4.79 Å². The molecule has 5 heteroatoms. The van der Waals surface area contributed by atoms with Crippen LogP contribution in [-0.2, 0) is 4.79 Å². The number of carbonyl (C=O) groups excluding carboxylic acids is 1. The van der Waals surface area contributed by atoms with Gasteiger partial charge in [-0.15, -0.1) is 0 Å². The fourth-order valence-corrected chi connectivity index (χ4v) is 3.02. The molecule has 1 fully saturated rings. The molecule has 0 spiro atoms. The highest BCUT2D eigenvalue weighted by Crippen LogP contribution is 2.20. The van der Waals surface area contributed by atoms with Crippen molar-refractivity contribution < 1.29 is 14.7 Å². The van der Waals surface area contributed by atoms with Crippen LogP contribution in [0.4, 0.5) is 4.79 Å². The van der Waals surface area contributed by atoms with E-state index in [1.165, 1.54) is 0 Å². The second kappa shape index (κ2) is 9.64. The second-order valence-electron chi connectivity index (χ2n) is 6.13. The number of rotatable bonds is 8. The van der Waals surface area contributed by atoms with Crippen molar-refractivity contribution in [2.75, 3.05) is 13.1 Å². The molecule has 2 amide bonds. The van der Waals surface area contributed by atoms with E-state index in [0.717, 1.165) is 51.5 Å². The molecule has 0 bridgehead atoms. The summed E-state index contributed by atoms with van der Waals surface area (Å²) < 4.78 is 0. The summed E-state index contributed by atoms with van der Waals surface area (Å²) in [6.45, 7) is 5.61. The lowest BCUT2D eigenvalue weighted by molar-refractivity contribution is -0.138. The quantitative estimate of drug-likeness (QED) is 0.722. The second-order valence-corrected chi connectivity index (χ2v) is 6.13. The highest BCUT2D eigenvalue weighted by atomic mass is 16.4. The van der Waals surface area contributed by atoms with Crippen LogP contribution < -0.4 is 5.32 Å². The first-order valence-electron chi connectivity index (χ1n) is 8.34. The fourth-order valence-electron chi connectivity index (χ4n) is 3.02. The van der Waals surface area contributed by atoms with Gasteiger partial charge in [0.05, 0.1) is 0 Å². The van der Waals surface area contributed by atoms with Crippen LogP contribution in [0.5, 0.6) is 0 Å². The summed E-state index contributed by atoms with van der Waals surface area (Å²) >= 11 is 0. The molecule has 1 aliphatic rings. The number of hydrogen-bond acceptors (Lipinski definition) is 2. The van der Waals surface area contributed by atoms with E-state index in [2.05, 4.69) is 19.2 Å². The Hall–Kier alpha value is -1.26. The van der Waals surface area contributed by atoms with Crippen LogP contribution in [-0.4, -0.2) is 41.1 Å². The molecule has 1 saturated heterocycles. The molecule has 0 aliphatic carbocycles. The van der Waals surface area contributed by atoms with E-state index in [-0.39, 0.29) is 24.4 Å². The number of nitrogens with zero attached hydrogens (tertiary/aromatic N) is 1. The molecule has 0 saturated carbocycles. The van der Waals surface area contributed by atoms with Crippen molar-refractivity contribution in [1.82, 2.24) is 10.2 Å². The van der Waals surface area contributed by atoms with Crippen LogP contribution in [0.25, 0.3) is 0 Å².